The zero-order valence-corrected chi connectivity index (χ0v) is 10.9. The molecule has 0 saturated heterocycles. The topological polar surface area (TPSA) is 34.1 Å². The number of sulfone groups is 1. The van der Waals surface area contributed by atoms with E-state index < -0.39 is 9.84 Å². The van der Waals surface area contributed by atoms with E-state index in [4.69, 9.17) is 11.6 Å². The van der Waals surface area contributed by atoms with Crippen molar-refractivity contribution in [1.82, 2.24) is 0 Å². The Morgan fingerprint density at radius 1 is 1.29 bits per heavy atom. The minimum Gasteiger partial charge on any atom is -0.229 e. The summed E-state index contributed by atoms with van der Waals surface area (Å²) in [7, 11) is -2.80. The minimum absolute atomic E-state index is 0.290. The molecule has 0 fully saturated rings. The van der Waals surface area contributed by atoms with Gasteiger partial charge in [-0.2, -0.15) is 0 Å². The van der Waals surface area contributed by atoms with Gasteiger partial charge in [-0.3, -0.25) is 0 Å². The molecule has 0 N–H and O–H groups in total. The first-order valence-corrected chi connectivity index (χ1v) is 7.68. The lowest BCUT2D eigenvalue weighted by Gasteiger charge is -2.15. The van der Waals surface area contributed by atoms with Crippen LogP contribution in [-0.4, -0.2) is 26.3 Å². The van der Waals surface area contributed by atoms with E-state index in [0.29, 0.717) is 23.5 Å². The van der Waals surface area contributed by atoms with Gasteiger partial charge in [0.2, 0.25) is 0 Å². The first kappa shape index (κ1) is 14.2. The van der Waals surface area contributed by atoms with Gasteiger partial charge in [-0.1, -0.05) is 13.8 Å². The molecule has 0 rings (SSSR count). The van der Waals surface area contributed by atoms with Crippen LogP contribution in [0.25, 0.3) is 0 Å². The zero-order chi connectivity index (χ0) is 11.2. The molecule has 0 aliphatic heterocycles. The van der Waals surface area contributed by atoms with Crippen LogP contribution in [0.2, 0.25) is 0 Å². The molecule has 0 aromatic heterocycles. The first-order chi connectivity index (χ1) is 6.35. The molecule has 0 aliphatic rings. The summed E-state index contributed by atoms with van der Waals surface area (Å²) in [5, 5.41) is 0. The van der Waals surface area contributed by atoms with Crippen LogP contribution in [0.1, 0.15) is 33.1 Å². The van der Waals surface area contributed by atoms with Crippen LogP contribution in [-0.2, 0) is 9.84 Å². The summed E-state index contributed by atoms with van der Waals surface area (Å²) in [6.45, 7) is 4.33. The van der Waals surface area contributed by atoms with E-state index >= 15 is 0 Å². The monoisotopic (exact) mass is 240 g/mol. The Morgan fingerprint density at radius 3 is 2.21 bits per heavy atom. The smallest absolute Gasteiger partial charge is 0.147 e. The van der Waals surface area contributed by atoms with Crippen LogP contribution in [0.15, 0.2) is 0 Å². The van der Waals surface area contributed by atoms with E-state index in [0.717, 1.165) is 19.3 Å². The summed E-state index contributed by atoms with van der Waals surface area (Å²) < 4.78 is 21.8. The second-order valence-electron chi connectivity index (χ2n) is 4.42. The van der Waals surface area contributed by atoms with Gasteiger partial charge in [0.05, 0.1) is 0 Å². The van der Waals surface area contributed by atoms with E-state index in [-0.39, 0.29) is 0 Å². The molecule has 0 aromatic rings. The normalized spacial score (nSPS) is 14.6. The van der Waals surface area contributed by atoms with Crippen LogP contribution in [0.4, 0.5) is 0 Å². The van der Waals surface area contributed by atoms with E-state index in [9.17, 15) is 8.42 Å². The Balaban J connectivity index is 3.74. The third kappa shape index (κ3) is 8.82. The lowest BCUT2D eigenvalue weighted by Crippen LogP contribution is -2.10. The van der Waals surface area contributed by atoms with Crippen molar-refractivity contribution in [3.63, 3.8) is 0 Å². The highest BCUT2D eigenvalue weighted by atomic mass is 35.5. The lowest BCUT2D eigenvalue weighted by atomic mass is 9.95. The third-order valence-corrected chi connectivity index (χ3v) is 3.62. The fourth-order valence-corrected chi connectivity index (χ4v) is 2.53. The molecular weight excluding hydrogens is 220 g/mol. The average molecular weight is 241 g/mol. The minimum atomic E-state index is -2.80. The van der Waals surface area contributed by atoms with Crippen LogP contribution >= 0.6 is 11.6 Å². The van der Waals surface area contributed by atoms with Gasteiger partial charge >= 0.3 is 0 Å². The largest absolute Gasteiger partial charge is 0.229 e. The lowest BCUT2D eigenvalue weighted by molar-refractivity contribution is 0.416. The van der Waals surface area contributed by atoms with Crippen molar-refractivity contribution in [3.05, 3.63) is 0 Å². The number of hydrogen-bond donors (Lipinski definition) is 0. The van der Waals surface area contributed by atoms with Gasteiger partial charge in [0.25, 0.3) is 0 Å². The van der Waals surface area contributed by atoms with E-state index in [2.05, 4.69) is 13.8 Å². The van der Waals surface area contributed by atoms with E-state index in [1.165, 1.54) is 6.26 Å². The van der Waals surface area contributed by atoms with Crippen molar-refractivity contribution in [2.45, 2.75) is 33.1 Å². The van der Waals surface area contributed by atoms with Gasteiger partial charge in [0.1, 0.15) is 9.84 Å². The van der Waals surface area contributed by atoms with Gasteiger partial charge in [-0.05, 0) is 31.1 Å². The molecule has 86 valence electrons. The van der Waals surface area contributed by atoms with E-state index in [1.54, 1.807) is 0 Å². The van der Waals surface area contributed by atoms with Crippen molar-refractivity contribution >= 4 is 21.4 Å². The molecule has 0 radical (unpaired) electrons. The SMILES string of the molecule is CC(C)CC(CCl)CCCS(C)(=O)=O. The van der Waals surface area contributed by atoms with Gasteiger partial charge < -0.3 is 0 Å². The fourth-order valence-electron chi connectivity index (χ4n) is 1.56. The number of rotatable bonds is 7. The van der Waals surface area contributed by atoms with Gasteiger partial charge in [0, 0.05) is 17.9 Å². The van der Waals surface area contributed by atoms with Gasteiger partial charge in [-0.15, -0.1) is 11.6 Å². The molecule has 0 bridgehead atoms. The number of hydrogen-bond acceptors (Lipinski definition) is 2. The first-order valence-electron chi connectivity index (χ1n) is 5.09. The number of halogens is 1. The van der Waals surface area contributed by atoms with Crippen molar-refractivity contribution in [2.24, 2.45) is 11.8 Å². The molecule has 1 atom stereocenters. The highest BCUT2D eigenvalue weighted by molar-refractivity contribution is 7.90. The maximum Gasteiger partial charge on any atom is 0.147 e. The second kappa shape index (κ2) is 6.67. The molecule has 4 heteroatoms. The molecule has 0 saturated carbocycles. The van der Waals surface area contributed by atoms with Crippen LogP contribution in [0.5, 0.6) is 0 Å². The Hall–Kier alpha value is 0.240. The zero-order valence-electron chi connectivity index (χ0n) is 9.29. The van der Waals surface area contributed by atoms with Gasteiger partial charge in [-0.25, -0.2) is 8.42 Å². The van der Waals surface area contributed by atoms with Crippen LogP contribution < -0.4 is 0 Å². The van der Waals surface area contributed by atoms with Crippen molar-refractivity contribution in [2.75, 3.05) is 17.9 Å². The molecule has 0 aromatic carbocycles. The predicted octanol–water partition coefficient (Wildman–Crippen LogP) is 2.71. The third-order valence-electron chi connectivity index (χ3n) is 2.15. The molecule has 1 unspecified atom stereocenters. The van der Waals surface area contributed by atoms with Gasteiger partial charge in [0.15, 0.2) is 0 Å². The summed E-state index contributed by atoms with van der Waals surface area (Å²) in [5.41, 5.74) is 0. The van der Waals surface area contributed by atoms with Crippen molar-refractivity contribution < 1.29 is 8.42 Å². The van der Waals surface area contributed by atoms with Crippen LogP contribution in [0, 0.1) is 11.8 Å². The molecule has 0 heterocycles. The predicted molar refractivity (Wildman–Crippen MR) is 62.6 cm³/mol. The Kier molecular flexibility index (Phi) is 6.79. The summed E-state index contributed by atoms with van der Waals surface area (Å²) in [5.74, 6) is 2.04. The molecule has 0 amide bonds. The second-order valence-corrected chi connectivity index (χ2v) is 6.99. The molecular formula is C10H21ClO2S. The maximum atomic E-state index is 10.9. The molecule has 0 spiro atoms. The molecule has 0 aliphatic carbocycles. The quantitative estimate of drug-likeness (QED) is 0.642. The summed E-state index contributed by atoms with van der Waals surface area (Å²) >= 11 is 5.81. The van der Waals surface area contributed by atoms with Crippen molar-refractivity contribution in [3.8, 4) is 0 Å². The Labute approximate surface area is 93.0 Å². The summed E-state index contributed by atoms with van der Waals surface area (Å²) in [6.07, 6.45) is 4.04. The van der Waals surface area contributed by atoms with Crippen LogP contribution in [0.3, 0.4) is 0 Å². The maximum absolute atomic E-state index is 10.9. The number of alkyl halides is 1. The molecule has 2 nitrogen and oxygen atoms in total. The Morgan fingerprint density at radius 2 is 1.86 bits per heavy atom. The highest BCUT2D eigenvalue weighted by Gasteiger charge is 2.11. The fraction of sp³-hybridized carbons (Fsp3) is 1.00. The van der Waals surface area contributed by atoms with E-state index in [1.807, 2.05) is 0 Å². The standard InChI is InChI=1S/C10H21ClO2S/c1-9(2)7-10(8-11)5-4-6-14(3,12)13/h9-10H,4-8H2,1-3H3. The summed E-state index contributed by atoms with van der Waals surface area (Å²) in [4.78, 5) is 0. The molecule has 14 heavy (non-hydrogen) atoms. The highest BCUT2D eigenvalue weighted by Crippen LogP contribution is 2.18. The summed E-state index contributed by atoms with van der Waals surface area (Å²) in [6, 6.07) is 0. The van der Waals surface area contributed by atoms with Crippen molar-refractivity contribution in [1.29, 1.82) is 0 Å². The Bertz CT molecular complexity index is 235. The average Bonchev–Trinajstić information content (AvgIpc) is 1.99.